The van der Waals surface area contributed by atoms with Crippen LogP contribution in [0.1, 0.15) is 56.2 Å². The van der Waals surface area contributed by atoms with Crippen LogP contribution in [0.3, 0.4) is 0 Å². The molecule has 28 heavy (non-hydrogen) atoms. The molecule has 1 amide bonds. The molecule has 0 saturated heterocycles. The number of aromatic amines is 1. The molecule has 0 radical (unpaired) electrons. The van der Waals surface area contributed by atoms with Gasteiger partial charge in [-0.3, -0.25) is 4.79 Å². The number of amides is 1. The predicted molar refractivity (Wildman–Crippen MR) is 118 cm³/mol. The summed E-state index contributed by atoms with van der Waals surface area (Å²) >= 11 is 12.4. The lowest BCUT2D eigenvalue weighted by atomic mass is 9.87. The lowest BCUT2D eigenvalue weighted by Gasteiger charge is -2.19. The maximum absolute atomic E-state index is 12.7. The Kier molecular flexibility index (Phi) is 6.69. The van der Waals surface area contributed by atoms with Crippen molar-refractivity contribution in [3.8, 4) is 0 Å². The van der Waals surface area contributed by atoms with Gasteiger partial charge in [-0.1, -0.05) is 61.3 Å². The zero-order valence-corrected chi connectivity index (χ0v) is 18.0. The van der Waals surface area contributed by atoms with Gasteiger partial charge >= 0.3 is 0 Å². The zero-order valence-electron chi connectivity index (χ0n) is 16.5. The van der Waals surface area contributed by atoms with Gasteiger partial charge in [0.05, 0.1) is 10.0 Å². The van der Waals surface area contributed by atoms with Gasteiger partial charge in [0.25, 0.3) is 0 Å². The van der Waals surface area contributed by atoms with Gasteiger partial charge in [-0.25, -0.2) is 0 Å². The number of fused-ring (bicyclic) bond motifs is 1. The van der Waals surface area contributed by atoms with Crippen LogP contribution in [0, 0.1) is 0 Å². The van der Waals surface area contributed by atoms with Crippen LogP contribution < -0.4 is 5.32 Å². The van der Waals surface area contributed by atoms with Crippen LogP contribution in [0.4, 0.5) is 0 Å². The number of benzene rings is 2. The fourth-order valence-corrected chi connectivity index (χ4v) is 3.89. The minimum Gasteiger partial charge on any atom is -0.361 e. The molecular formula is C23H26Cl2N2O. The van der Waals surface area contributed by atoms with Gasteiger partial charge in [0, 0.05) is 35.5 Å². The highest BCUT2D eigenvalue weighted by Gasteiger charge is 2.23. The van der Waals surface area contributed by atoms with Crippen LogP contribution in [0.15, 0.2) is 42.6 Å². The number of aryl methyl sites for hydroxylation is 1. The summed E-state index contributed by atoms with van der Waals surface area (Å²) in [6.45, 7) is 6.23. The van der Waals surface area contributed by atoms with Crippen LogP contribution in [0.25, 0.3) is 10.9 Å². The molecule has 0 aliphatic rings. The second-order valence-electron chi connectivity index (χ2n) is 7.24. The summed E-state index contributed by atoms with van der Waals surface area (Å²) in [5, 5.41) is 5.24. The van der Waals surface area contributed by atoms with Gasteiger partial charge < -0.3 is 10.3 Å². The third-order valence-electron chi connectivity index (χ3n) is 5.35. The Labute approximate surface area is 176 Å². The van der Waals surface area contributed by atoms with Crippen molar-refractivity contribution in [2.75, 3.05) is 0 Å². The van der Waals surface area contributed by atoms with Gasteiger partial charge in [-0.15, -0.1) is 0 Å². The fraction of sp³-hybridized carbons (Fsp3) is 0.348. The molecule has 1 aromatic heterocycles. The second kappa shape index (κ2) is 9.02. The summed E-state index contributed by atoms with van der Waals surface area (Å²) in [6, 6.07) is 12.1. The number of para-hydroxylation sites is 1. The summed E-state index contributed by atoms with van der Waals surface area (Å²) in [4.78, 5) is 16.1. The molecule has 5 heteroatoms. The highest BCUT2D eigenvalue weighted by molar-refractivity contribution is 6.42. The molecule has 2 N–H and O–H groups in total. The van der Waals surface area contributed by atoms with Gasteiger partial charge in [0.2, 0.25) is 5.91 Å². The predicted octanol–water partition coefficient (Wildman–Crippen LogP) is 6.47. The van der Waals surface area contributed by atoms with Crippen molar-refractivity contribution >= 4 is 40.0 Å². The van der Waals surface area contributed by atoms with E-state index in [4.69, 9.17) is 23.2 Å². The summed E-state index contributed by atoms with van der Waals surface area (Å²) in [5.74, 6) is -0.0777. The Morgan fingerprint density at radius 2 is 1.93 bits per heavy atom. The van der Waals surface area contributed by atoms with Gasteiger partial charge in [0.15, 0.2) is 0 Å². The van der Waals surface area contributed by atoms with E-state index >= 15 is 0 Å². The third-order valence-corrected chi connectivity index (χ3v) is 6.08. The molecule has 3 nitrogen and oxygen atoms in total. The monoisotopic (exact) mass is 416 g/mol. The van der Waals surface area contributed by atoms with E-state index in [9.17, 15) is 4.79 Å². The molecule has 0 aliphatic heterocycles. The highest BCUT2D eigenvalue weighted by Crippen LogP contribution is 2.36. The Bertz CT molecular complexity index is 980. The van der Waals surface area contributed by atoms with E-state index in [2.05, 4.69) is 42.3 Å². The number of carbonyl (C=O) groups is 1. The van der Waals surface area contributed by atoms with Crippen LogP contribution in [-0.4, -0.2) is 16.9 Å². The number of halogens is 2. The number of carbonyl (C=O) groups excluding carboxylic acids is 1. The van der Waals surface area contributed by atoms with Crippen LogP contribution >= 0.6 is 23.2 Å². The third kappa shape index (κ3) is 4.37. The van der Waals surface area contributed by atoms with Crippen LogP contribution in [-0.2, 0) is 11.2 Å². The number of H-pyrrole nitrogens is 1. The van der Waals surface area contributed by atoms with Gasteiger partial charge in [-0.05, 0) is 48.6 Å². The van der Waals surface area contributed by atoms with Crippen molar-refractivity contribution < 1.29 is 4.79 Å². The molecule has 0 fully saturated rings. The molecule has 1 heterocycles. The van der Waals surface area contributed by atoms with E-state index in [1.165, 1.54) is 5.56 Å². The van der Waals surface area contributed by atoms with Crippen molar-refractivity contribution in [2.24, 2.45) is 0 Å². The average molecular weight is 417 g/mol. The van der Waals surface area contributed by atoms with Crippen molar-refractivity contribution in [2.45, 2.75) is 52.0 Å². The maximum Gasteiger partial charge on any atom is 0.221 e. The van der Waals surface area contributed by atoms with Crippen LogP contribution in [0.5, 0.6) is 0 Å². The number of rotatable bonds is 7. The van der Waals surface area contributed by atoms with Crippen LogP contribution in [0.2, 0.25) is 10.0 Å². The standard InChI is InChI=1S/C23H26Cl2N2O/c1-4-14(3)27-22(28)12-18(16-9-10-20(24)21(25)11-16)19-13-26-23-15(5-2)7-6-8-17(19)23/h6-11,13-14,18,26H,4-5,12H2,1-3H3,(H,27,28)/t14-,18+/m0/s1. The summed E-state index contributed by atoms with van der Waals surface area (Å²) < 4.78 is 0. The Morgan fingerprint density at radius 3 is 2.61 bits per heavy atom. The minimum absolute atomic E-state index is 0.0337. The van der Waals surface area contributed by atoms with E-state index in [-0.39, 0.29) is 17.9 Å². The molecule has 0 bridgehead atoms. The van der Waals surface area contributed by atoms with E-state index in [0.29, 0.717) is 16.5 Å². The lowest BCUT2D eigenvalue weighted by Crippen LogP contribution is -2.33. The summed E-state index contributed by atoms with van der Waals surface area (Å²) in [5.41, 5.74) is 4.48. The van der Waals surface area contributed by atoms with E-state index in [1.54, 1.807) is 6.07 Å². The first-order valence-electron chi connectivity index (χ1n) is 9.77. The van der Waals surface area contributed by atoms with Crippen molar-refractivity contribution in [3.63, 3.8) is 0 Å². The molecule has 3 rings (SSSR count). The fourth-order valence-electron chi connectivity index (χ4n) is 3.58. The molecule has 2 atom stereocenters. The molecule has 3 aromatic rings. The SMILES string of the molecule is CCc1cccc2c([C@H](CC(=O)N[C@@H](C)CC)c3ccc(Cl)c(Cl)c3)c[nH]c12. The minimum atomic E-state index is -0.111. The molecular weight excluding hydrogens is 391 g/mol. The first-order chi connectivity index (χ1) is 13.4. The Balaban J connectivity index is 2.06. The van der Waals surface area contributed by atoms with Gasteiger partial charge in [0.1, 0.15) is 0 Å². The van der Waals surface area contributed by atoms with Crippen molar-refractivity contribution in [3.05, 3.63) is 69.3 Å². The summed E-state index contributed by atoms with van der Waals surface area (Å²) in [6.07, 6.45) is 4.22. The Morgan fingerprint density at radius 1 is 1.14 bits per heavy atom. The largest absolute Gasteiger partial charge is 0.361 e. The molecule has 0 aliphatic carbocycles. The maximum atomic E-state index is 12.7. The topological polar surface area (TPSA) is 44.9 Å². The van der Waals surface area contributed by atoms with Crippen molar-refractivity contribution in [1.29, 1.82) is 0 Å². The number of aromatic nitrogens is 1. The smallest absolute Gasteiger partial charge is 0.221 e. The number of nitrogens with one attached hydrogen (secondary N) is 2. The average Bonchev–Trinajstić information content (AvgIpc) is 3.12. The first-order valence-corrected chi connectivity index (χ1v) is 10.5. The lowest BCUT2D eigenvalue weighted by molar-refractivity contribution is -0.121. The quantitative estimate of drug-likeness (QED) is 0.454. The molecule has 0 unspecified atom stereocenters. The number of hydrogen-bond donors (Lipinski definition) is 2. The summed E-state index contributed by atoms with van der Waals surface area (Å²) in [7, 11) is 0. The zero-order chi connectivity index (χ0) is 20.3. The number of hydrogen-bond acceptors (Lipinski definition) is 1. The molecule has 148 valence electrons. The van der Waals surface area contributed by atoms with E-state index < -0.39 is 0 Å². The van der Waals surface area contributed by atoms with Gasteiger partial charge in [-0.2, -0.15) is 0 Å². The van der Waals surface area contributed by atoms with E-state index in [1.807, 2.05) is 25.3 Å². The highest BCUT2D eigenvalue weighted by atomic mass is 35.5. The Hall–Kier alpha value is -1.97. The second-order valence-corrected chi connectivity index (χ2v) is 8.06. The normalized spacial score (nSPS) is 13.5. The first kappa shape index (κ1) is 20.8. The molecule has 0 saturated carbocycles. The van der Waals surface area contributed by atoms with E-state index in [0.717, 1.165) is 34.9 Å². The van der Waals surface area contributed by atoms with Crippen molar-refractivity contribution in [1.82, 2.24) is 10.3 Å². The molecule has 2 aromatic carbocycles. The molecule has 0 spiro atoms.